The van der Waals surface area contributed by atoms with Gasteiger partial charge in [0.2, 0.25) is 0 Å². The number of fused-ring (bicyclic) bond motifs is 1. The van der Waals surface area contributed by atoms with E-state index in [2.05, 4.69) is 36.4 Å². The third kappa shape index (κ3) is 8.52. The van der Waals surface area contributed by atoms with Crippen molar-refractivity contribution in [1.82, 2.24) is 24.4 Å². The first-order valence-electron chi connectivity index (χ1n) is 14.7. The van der Waals surface area contributed by atoms with Crippen molar-refractivity contribution in [3.8, 4) is 11.5 Å². The molecule has 4 heterocycles. The van der Waals surface area contributed by atoms with Crippen molar-refractivity contribution in [3.05, 3.63) is 35.7 Å². The van der Waals surface area contributed by atoms with E-state index in [1.165, 1.54) is 11.9 Å². The average Bonchev–Trinajstić information content (AvgIpc) is 3.30. The quantitative estimate of drug-likeness (QED) is 0.212. The lowest BCUT2D eigenvalue weighted by Crippen LogP contribution is -2.45. The Morgan fingerprint density at radius 1 is 1.19 bits per heavy atom. The van der Waals surface area contributed by atoms with Crippen molar-refractivity contribution >= 4 is 40.9 Å². The zero-order valence-electron chi connectivity index (χ0n) is 26.0. The van der Waals surface area contributed by atoms with Crippen LogP contribution >= 0.6 is 0 Å². The Morgan fingerprint density at radius 2 is 1.95 bits per heavy atom. The summed E-state index contributed by atoms with van der Waals surface area (Å²) in [4.78, 5) is 29.4. The van der Waals surface area contributed by atoms with Crippen LogP contribution in [0.1, 0.15) is 31.7 Å². The van der Waals surface area contributed by atoms with E-state index in [-0.39, 0.29) is 30.8 Å². The highest BCUT2D eigenvalue weighted by molar-refractivity contribution is 7.90. The highest BCUT2D eigenvalue weighted by atomic mass is 32.2. The van der Waals surface area contributed by atoms with Crippen LogP contribution in [-0.4, -0.2) is 97.3 Å². The number of hydrogen-bond acceptors (Lipinski definition) is 9. The number of pyridine rings is 1. The Hall–Kier alpha value is -3.07. The SMILES string of the molecule is CC[C@H]1COCCN1c1cc(CS(=O)(=O)CC)nc(-c2ccc3c(cc(CN(C)C(=O)O)n3COCC[Si](C)(C)C)n2)n1. The number of ether oxygens (including phenoxy) is 2. The molecule has 0 bridgehead atoms. The summed E-state index contributed by atoms with van der Waals surface area (Å²) in [7, 11) is -3.09. The van der Waals surface area contributed by atoms with Crippen LogP contribution in [0.25, 0.3) is 22.6 Å². The third-order valence-corrected chi connectivity index (χ3v) is 10.9. The number of aromatic nitrogens is 4. The molecule has 1 fully saturated rings. The molecule has 3 aromatic heterocycles. The molecular formula is C29H44N6O6SSi. The smallest absolute Gasteiger partial charge is 0.407 e. The summed E-state index contributed by atoms with van der Waals surface area (Å²) in [5.41, 5.74) is 3.12. The van der Waals surface area contributed by atoms with Gasteiger partial charge in [0.05, 0.1) is 48.3 Å². The molecule has 4 rings (SSSR count). The minimum Gasteiger partial charge on any atom is -0.465 e. The van der Waals surface area contributed by atoms with E-state index in [0.29, 0.717) is 54.9 Å². The first-order chi connectivity index (χ1) is 20.3. The molecule has 1 aliphatic rings. The van der Waals surface area contributed by atoms with Crippen LogP contribution in [0, 0.1) is 0 Å². The van der Waals surface area contributed by atoms with Gasteiger partial charge in [0.1, 0.15) is 18.2 Å². The minimum atomic E-state index is -3.34. The standard InChI is InChI=1S/C29H44N6O6SSi/c1-7-22-18-40-12-11-34(22)27-15-21(19-42(38,39)8-2)30-28(32-27)24-9-10-26-25(31-24)16-23(17-33(3)29(36)37)35(26)20-41-13-14-43(4,5)6/h9-10,15-16,22H,7-8,11-14,17-20H2,1-6H3,(H,36,37)/t22-/m0/s1. The fraction of sp³-hybridized carbons (Fsp3) is 0.586. The van der Waals surface area contributed by atoms with Crippen LogP contribution in [0.2, 0.25) is 25.7 Å². The molecule has 12 nitrogen and oxygen atoms in total. The third-order valence-electron chi connectivity index (χ3n) is 7.58. The molecule has 0 aliphatic carbocycles. The maximum absolute atomic E-state index is 12.6. The molecule has 0 aromatic carbocycles. The van der Waals surface area contributed by atoms with Crippen LogP contribution in [0.5, 0.6) is 0 Å². The average molecular weight is 633 g/mol. The van der Waals surface area contributed by atoms with E-state index in [0.717, 1.165) is 23.7 Å². The van der Waals surface area contributed by atoms with E-state index in [1.54, 1.807) is 13.0 Å². The highest BCUT2D eigenvalue weighted by Crippen LogP contribution is 2.27. The molecule has 1 amide bonds. The molecule has 0 radical (unpaired) electrons. The van der Waals surface area contributed by atoms with E-state index in [1.807, 2.05) is 22.8 Å². The Labute approximate surface area is 255 Å². The Kier molecular flexibility index (Phi) is 10.5. The van der Waals surface area contributed by atoms with Gasteiger partial charge in [-0.25, -0.2) is 28.2 Å². The predicted molar refractivity (Wildman–Crippen MR) is 170 cm³/mol. The van der Waals surface area contributed by atoms with Gasteiger partial charge in [-0.3, -0.25) is 0 Å². The summed E-state index contributed by atoms with van der Waals surface area (Å²) in [5, 5.41) is 9.50. The van der Waals surface area contributed by atoms with E-state index < -0.39 is 24.0 Å². The molecule has 3 aromatic rings. The predicted octanol–water partition coefficient (Wildman–Crippen LogP) is 4.47. The van der Waals surface area contributed by atoms with Crippen LogP contribution in [-0.2, 0) is 38.3 Å². The van der Waals surface area contributed by atoms with Gasteiger partial charge in [0, 0.05) is 45.8 Å². The highest BCUT2D eigenvalue weighted by Gasteiger charge is 2.25. The number of carboxylic acid groups (broad SMARTS) is 1. The number of anilines is 1. The fourth-order valence-electron chi connectivity index (χ4n) is 4.89. The Bertz CT molecular complexity index is 1540. The van der Waals surface area contributed by atoms with Gasteiger partial charge < -0.3 is 28.9 Å². The van der Waals surface area contributed by atoms with Crippen molar-refractivity contribution in [1.29, 1.82) is 0 Å². The lowest BCUT2D eigenvalue weighted by molar-refractivity contribution is 0.0865. The number of morpholine rings is 1. The second kappa shape index (κ2) is 13.7. The van der Waals surface area contributed by atoms with Gasteiger partial charge in [-0.05, 0) is 30.7 Å². The van der Waals surface area contributed by atoms with Gasteiger partial charge >= 0.3 is 6.09 Å². The molecule has 14 heteroatoms. The molecule has 43 heavy (non-hydrogen) atoms. The molecule has 0 spiro atoms. The summed E-state index contributed by atoms with van der Waals surface area (Å²) >= 11 is 0. The van der Waals surface area contributed by atoms with Gasteiger partial charge in [0.15, 0.2) is 15.7 Å². The Morgan fingerprint density at radius 3 is 2.63 bits per heavy atom. The van der Waals surface area contributed by atoms with Gasteiger partial charge in [0.25, 0.3) is 0 Å². The van der Waals surface area contributed by atoms with Crippen molar-refractivity contribution < 1.29 is 27.8 Å². The Balaban J connectivity index is 1.75. The zero-order valence-corrected chi connectivity index (χ0v) is 27.9. The van der Waals surface area contributed by atoms with E-state index in [4.69, 9.17) is 19.4 Å². The molecule has 236 valence electrons. The van der Waals surface area contributed by atoms with Crippen molar-refractivity contribution in [2.24, 2.45) is 0 Å². The topological polar surface area (TPSA) is 140 Å². The maximum atomic E-state index is 12.6. The summed E-state index contributed by atoms with van der Waals surface area (Å²) in [6, 6.07) is 8.49. The largest absolute Gasteiger partial charge is 0.465 e. The molecule has 0 unspecified atom stereocenters. The molecule has 0 saturated carbocycles. The first kappa shape index (κ1) is 32.8. The van der Waals surface area contributed by atoms with Gasteiger partial charge in [-0.15, -0.1) is 0 Å². The van der Waals surface area contributed by atoms with Crippen molar-refractivity contribution in [2.75, 3.05) is 44.1 Å². The summed E-state index contributed by atoms with van der Waals surface area (Å²) in [5.74, 6) is 0.819. The fourth-order valence-corrected chi connectivity index (χ4v) is 6.45. The molecule has 1 saturated heterocycles. The van der Waals surface area contributed by atoms with Crippen molar-refractivity contribution in [2.45, 2.75) is 71.0 Å². The monoisotopic (exact) mass is 632 g/mol. The van der Waals surface area contributed by atoms with Crippen LogP contribution in [0.3, 0.4) is 0 Å². The van der Waals surface area contributed by atoms with Crippen molar-refractivity contribution in [3.63, 3.8) is 0 Å². The second-order valence-corrected chi connectivity index (χ2v) is 20.2. The van der Waals surface area contributed by atoms with Crippen LogP contribution in [0.4, 0.5) is 10.6 Å². The minimum absolute atomic E-state index is 0.0160. The summed E-state index contributed by atoms with van der Waals surface area (Å²) in [6.45, 7) is 13.4. The lowest BCUT2D eigenvalue weighted by atomic mass is 10.1. The van der Waals surface area contributed by atoms with Crippen LogP contribution in [0.15, 0.2) is 24.3 Å². The lowest BCUT2D eigenvalue weighted by Gasteiger charge is -2.36. The van der Waals surface area contributed by atoms with E-state index >= 15 is 0 Å². The maximum Gasteiger partial charge on any atom is 0.407 e. The number of sulfone groups is 1. The normalized spacial score (nSPS) is 16.1. The molecule has 1 N–H and O–H groups in total. The number of rotatable bonds is 13. The first-order valence-corrected chi connectivity index (χ1v) is 20.3. The number of hydrogen-bond donors (Lipinski definition) is 1. The number of amides is 1. The molecular weight excluding hydrogens is 589 g/mol. The van der Waals surface area contributed by atoms with Gasteiger partial charge in [-0.1, -0.05) is 33.5 Å². The number of nitrogens with zero attached hydrogens (tertiary/aromatic N) is 6. The second-order valence-electron chi connectivity index (χ2n) is 12.2. The summed E-state index contributed by atoms with van der Waals surface area (Å²) in [6.07, 6.45) is -0.175. The van der Waals surface area contributed by atoms with Gasteiger partial charge in [-0.2, -0.15) is 0 Å². The van der Waals surface area contributed by atoms with E-state index in [9.17, 15) is 18.3 Å². The molecule has 1 aliphatic heterocycles. The zero-order chi connectivity index (χ0) is 31.4. The summed E-state index contributed by atoms with van der Waals surface area (Å²) < 4.78 is 38.8. The van der Waals surface area contributed by atoms with Crippen LogP contribution < -0.4 is 4.90 Å². The number of carbonyl (C=O) groups is 1. The molecule has 1 atom stereocenters.